The number of rotatable bonds is 4. The lowest BCUT2D eigenvalue weighted by molar-refractivity contribution is 0.0952. The second kappa shape index (κ2) is 5.71. The zero-order valence-corrected chi connectivity index (χ0v) is 11.9. The van der Waals surface area contributed by atoms with Gasteiger partial charge in [-0.15, -0.1) is 11.3 Å². The van der Waals surface area contributed by atoms with Gasteiger partial charge in [0.15, 0.2) is 4.67 Å². The molecule has 0 bridgehead atoms. The minimum Gasteiger partial charge on any atom is -0.457 e. The number of amides is 1. The Morgan fingerprint density at radius 3 is 2.88 bits per heavy atom. The molecule has 2 aromatic heterocycles. The van der Waals surface area contributed by atoms with E-state index in [-0.39, 0.29) is 5.91 Å². The second-order valence-corrected chi connectivity index (χ2v) is 5.84. The zero-order chi connectivity index (χ0) is 12.3. The fourth-order valence-corrected chi connectivity index (χ4v) is 2.84. The van der Waals surface area contributed by atoms with Gasteiger partial charge < -0.3 is 9.73 Å². The maximum atomic E-state index is 11.7. The average Bonchev–Trinajstić information content (AvgIpc) is 2.87. The second-order valence-electron chi connectivity index (χ2n) is 3.32. The Hall–Kier alpha value is -0.780. The Labute approximate surface area is 116 Å². The van der Waals surface area contributed by atoms with Crippen LogP contribution in [0.25, 0.3) is 0 Å². The van der Waals surface area contributed by atoms with Crippen molar-refractivity contribution in [2.45, 2.75) is 6.42 Å². The molecule has 2 aromatic rings. The van der Waals surface area contributed by atoms with E-state index in [0.29, 0.717) is 16.8 Å². The van der Waals surface area contributed by atoms with Crippen molar-refractivity contribution in [2.75, 3.05) is 6.54 Å². The minimum atomic E-state index is -0.145. The molecule has 1 N–H and O–H groups in total. The van der Waals surface area contributed by atoms with Gasteiger partial charge in [-0.05, 0) is 40.5 Å². The fraction of sp³-hybridized carbons (Fsp3) is 0.182. The summed E-state index contributed by atoms with van der Waals surface area (Å²) in [5, 5.41) is 2.82. The van der Waals surface area contributed by atoms with Crippen molar-refractivity contribution in [3.8, 4) is 0 Å². The summed E-state index contributed by atoms with van der Waals surface area (Å²) in [4.78, 5) is 12.9. The molecule has 0 spiro atoms. The Morgan fingerprint density at radius 2 is 2.29 bits per heavy atom. The molecule has 3 nitrogen and oxygen atoms in total. The standard InChI is InChI=1S/C11H9BrClNO2S/c12-10-8(4-6-16-10)11(15)14-5-3-7-1-2-9(13)17-7/h1-2,4,6H,3,5H2,(H,14,15). The molecule has 0 aromatic carbocycles. The normalized spacial score (nSPS) is 10.5. The van der Waals surface area contributed by atoms with Crippen molar-refractivity contribution < 1.29 is 9.21 Å². The van der Waals surface area contributed by atoms with Crippen LogP contribution in [0.4, 0.5) is 0 Å². The van der Waals surface area contributed by atoms with Gasteiger partial charge in [0.1, 0.15) is 0 Å². The van der Waals surface area contributed by atoms with E-state index in [1.54, 1.807) is 6.07 Å². The first-order valence-electron chi connectivity index (χ1n) is 4.92. The summed E-state index contributed by atoms with van der Waals surface area (Å²) in [5.74, 6) is -0.145. The Balaban J connectivity index is 1.83. The molecule has 0 atom stereocenters. The van der Waals surface area contributed by atoms with Crippen LogP contribution in [-0.4, -0.2) is 12.5 Å². The highest BCUT2D eigenvalue weighted by atomic mass is 79.9. The molecule has 0 aliphatic carbocycles. The number of hydrogen-bond acceptors (Lipinski definition) is 3. The Morgan fingerprint density at radius 1 is 1.47 bits per heavy atom. The third-order valence-electron chi connectivity index (χ3n) is 2.15. The smallest absolute Gasteiger partial charge is 0.255 e. The summed E-state index contributed by atoms with van der Waals surface area (Å²) >= 11 is 10.5. The number of thiophene rings is 1. The molecular weight excluding hydrogens is 326 g/mol. The number of nitrogens with one attached hydrogen (secondary N) is 1. The monoisotopic (exact) mass is 333 g/mol. The Bertz CT molecular complexity index is 523. The van der Waals surface area contributed by atoms with Crippen LogP contribution in [-0.2, 0) is 6.42 Å². The number of furan rings is 1. The number of hydrogen-bond donors (Lipinski definition) is 1. The van der Waals surface area contributed by atoms with Crippen LogP contribution in [0.2, 0.25) is 4.34 Å². The van der Waals surface area contributed by atoms with Gasteiger partial charge in [0, 0.05) is 11.4 Å². The molecular formula is C11H9BrClNO2S. The predicted octanol–water partition coefficient (Wildman–Crippen LogP) is 3.73. The molecule has 0 radical (unpaired) electrons. The van der Waals surface area contributed by atoms with Gasteiger partial charge in [0.2, 0.25) is 0 Å². The van der Waals surface area contributed by atoms with Crippen LogP contribution in [0.15, 0.2) is 33.5 Å². The molecule has 2 rings (SSSR count). The molecule has 1 amide bonds. The highest BCUT2D eigenvalue weighted by Crippen LogP contribution is 2.21. The number of carbonyl (C=O) groups is 1. The van der Waals surface area contributed by atoms with E-state index >= 15 is 0 Å². The van der Waals surface area contributed by atoms with E-state index < -0.39 is 0 Å². The van der Waals surface area contributed by atoms with Crippen molar-refractivity contribution in [3.63, 3.8) is 0 Å². The summed E-state index contributed by atoms with van der Waals surface area (Å²) in [5.41, 5.74) is 0.509. The predicted molar refractivity (Wildman–Crippen MR) is 71.8 cm³/mol. The van der Waals surface area contributed by atoms with Crippen molar-refractivity contribution >= 4 is 44.8 Å². The molecule has 0 aliphatic rings. The molecule has 0 saturated carbocycles. The first kappa shape index (κ1) is 12.7. The van der Waals surface area contributed by atoms with Gasteiger partial charge in [-0.2, -0.15) is 0 Å². The van der Waals surface area contributed by atoms with E-state index in [2.05, 4.69) is 21.2 Å². The van der Waals surface area contributed by atoms with Crippen molar-refractivity contribution in [3.05, 3.63) is 43.9 Å². The van der Waals surface area contributed by atoms with Gasteiger partial charge in [-0.1, -0.05) is 11.6 Å². The van der Waals surface area contributed by atoms with E-state index in [4.69, 9.17) is 16.0 Å². The highest BCUT2D eigenvalue weighted by molar-refractivity contribution is 9.10. The van der Waals surface area contributed by atoms with E-state index in [1.807, 2.05) is 12.1 Å². The lowest BCUT2D eigenvalue weighted by atomic mass is 10.3. The van der Waals surface area contributed by atoms with Gasteiger partial charge in [0.05, 0.1) is 16.2 Å². The average molecular weight is 335 g/mol. The van der Waals surface area contributed by atoms with Crippen LogP contribution < -0.4 is 5.32 Å². The number of halogens is 2. The molecule has 0 saturated heterocycles. The van der Waals surface area contributed by atoms with Crippen molar-refractivity contribution in [1.29, 1.82) is 0 Å². The van der Waals surface area contributed by atoms with Gasteiger partial charge in [-0.25, -0.2) is 0 Å². The van der Waals surface area contributed by atoms with Crippen molar-refractivity contribution in [1.82, 2.24) is 5.32 Å². The first-order chi connectivity index (χ1) is 8.16. The summed E-state index contributed by atoms with van der Waals surface area (Å²) in [7, 11) is 0. The summed E-state index contributed by atoms with van der Waals surface area (Å²) in [6.45, 7) is 0.577. The van der Waals surface area contributed by atoms with E-state index in [0.717, 1.165) is 15.6 Å². The molecule has 0 fully saturated rings. The van der Waals surface area contributed by atoms with Crippen LogP contribution >= 0.6 is 38.9 Å². The maximum Gasteiger partial charge on any atom is 0.255 e. The van der Waals surface area contributed by atoms with Crippen LogP contribution in [0, 0.1) is 0 Å². The molecule has 0 aliphatic heterocycles. The lowest BCUT2D eigenvalue weighted by Gasteiger charge is -2.02. The van der Waals surface area contributed by atoms with Gasteiger partial charge in [0.25, 0.3) is 5.91 Å². The largest absolute Gasteiger partial charge is 0.457 e. The van der Waals surface area contributed by atoms with Crippen LogP contribution in [0.1, 0.15) is 15.2 Å². The number of carbonyl (C=O) groups excluding carboxylic acids is 1. The molecule has 6 heteroatoms. The summed E-state index contributed by atoms with van der Waals surface area (Å²) < 4.78 is 6.21. The quantitative estimate of drug-likeness (QED) is 0.925. The molecule has 17 heavy (non-hydrogen) atoms. The Kier molecular flexibility index (Phi) is 4.25. The van der Waals surface area contributed by atoms with Crippen molar-refractivity contribution in [2.24, 2.45) is 0 Å². The molecule has 90 valence electrons. The minimum absolute atomic E-state index is 0.145. The highest BCUT2D eigenvalue weighted by Gasteiger charge is 2.11. The maximum absolute atomic E-state index is 11.7. The molecule has 0 unspecified atom stereocenters. The van der Waals surface area contributed by atoms with E-state index in [9.17, 15) is 4.79 Å². The first-order valence-corrected chi connectivity index (χ1v) is 6.91. The van der Waals surface area contributed by atoms with Gasteiger partial charge in [-0.3, -0.25) is 4.79 Å². The summed E-state index contributed by atoms with van der Waals surface area (Å²) in [6, 6.07) is 5.45. The zero-order valence-electron chi connectivity index (χ0n) is 8.70. The van der Waals surface area contributed by atoms with E-state index in [1.165, 1.54) is 17.6 Å². The lowest BCUT2D eigenvalue weighted by Crippen LogP contribution is -2.25. The van der Waals surface area contributed by atoms with Crippen LogP contribution in [0.3, 0.4) is 0 Å². The third-order valence-corrected chi connectivity index (χ3v) is 4.05. The topological polar surface area (TPSA) is 42.2 Å². The molecule has 2 heterocycles. The third kappa shape index (κ3) is 3.34. The van der Waals surface area contributed by atoms with Gasteiger partial charge >= 0.3 is 0 Å². The summed E-state index contributed by atoms with van der Waals surface area (Å²) in [6.07, 6.45) is 2.25. The fourth-order valence-electron chi connectivity index (χ4n) is 1.34. The van der Waals surface area contributed by atoms with Crippen LogP contribution in [0.5, 0.6) is 0 Å². The SMILES string of the molecule is O=C(NCCc1ccc(Cl)s1)c1ccoc1Br.